The number of aldehydes is 1. The summed E-state index contributed by atoms with van der Waals surface area (Å²) in [6.07, 6.45) is 3.25. The molecule has 1 aliphatic carbocycles. The maximum Gasteiger partial charge on any atom is 0.268 e. The third-order valence-corrected chi connectivity index (χ3v) is 9.00. The second-order valence-corrected chi connectivity index (χ2v) is 16.7. The number of rotatable bonds is 6. The van der Waals surface area contributed by atoms with E-state index in [1.54, 1.807) is 36.5 Å². The summed E-state index contributed by atoms with van der Waals surface area (Å²) >= 11 is 0. The molecule has 6 heteroatoms. The minimum Gasteiger partial charge on any atom is -0.303 e. The van der Waals surface area contributed by atoms with Crippen LogP contribution in [-0.2, 0) is 21.2 Å². The molecule has 0 bridgehead atoms. The zero-order valence-corrected chi connectivity index (χ0v) is 19.4. The van der Waals surface area contributed by atoms with Crippen molar-refractivity contribution in [1.29, 1.82) is 0 Å². The molecule has 0 N–H and O–H groups in total. The minimum atomic E-state index is -3.72. The van der Waals surface area contributed by atoms with Crippen LogP contribution in [0.3, 0.4) is 0 Å². The van der Waals surface area contributed by atoms with Gasteiger partial charge in [-0.2, -0.15) is 0 Å². The summed E-state index contributed by atoms with van der Waals surface area (Å²) in [4.78, 5) is 12.3. The minimum absolute atomic E-state index is 0.0688. The molecule has 2 unspecified atom stereocenters. The van der Waals surface area contributed by atoms with Crippen molar-refractivity contribution in [3.63, 3.8) is 0 Å². The highest BCUT2D eigenvalue weighted by molar-refractivity contribution is 7.90. The van der Waals surface area contributed by atoms with Crippen LogP contribution in [0.4, 0.5) is 0 Å². The number of hydrogen-bond acceptors (Lipinski definition) is 3. The van der Waals surface area contributed by atoms with Crippen LogP contribution >= 0.6 is 0 Å². The highest BCUT2D eigenvalue weighted by atomic mass is 32.2. The number of benzene rings is 2. The van der Waals surface area contributed by atoms with E-state index in [0.29, 0.717) is 11.9 Å². The lowest BCUT2D eigenvalue weighted by atomic mass is 9.73. The van der Waals surface area contributed by atoms with Crippen LogP contribution < -0.4 is 0 Å². The summed E-state index contributed by atoms with van der Waals surface area (Å²) in [5, 5.41) is 0.955. The SMILES string of the molecule is C=C(C[Si](C)(C)C)C1c2cccc3c2c(cn3S(=O)(=O)c2ccccc2)CC1C=O. The Morgan fingerprint density at radius 3 is 2.47 bits per heavy atom. The van der Waals surface area contributed by atoms with Crippen molar-refractivity contribution in [2.45, 2.75) is 42.9 Å². The predicted octanol–water partition coefficient (Wildman–Crippen LogP) is 5.23. The van der Waals surface area contributed by atoms with Gasteiger partial charge in [-0.15, -0.1) is 0 Å². The van der Waals surface area contributed by atoms with Crippen molar-refractivity contribution in [1.82, 2.24) is 3.97 Å². The second kappa shape index (κ2) is 7.36. The molecule has 0 spiro atoms. The highest BCUT2D eigenvalue weighted by Crippen LogP contribution is 2.45. The molecule has 3 aromatic rings. The maximum atomic E-state index is 13.3. The van der Waals surface area contributed by atoms with Gasteiger partial charge in [0.15, 0.2) is 0 Å². The lowest BCUT2D eigenvalue weighted by Gasteiger charge is -2.32. The van der Waals surface area contributed by atoms with E-state index in [9.17, 15) is 13.2 Å². The van der Waals surface area contributed by atoms with Gasteiger partial charge in [0.2, 0.25) is 0 Å². The van der Waals surface area contributed by atoms with Gasteiger partial charge in [-0.3, -0.25) is 0 Å². The van der Waals surface area contributed by atoms with Crippen LogP contribution in [0.25, 0.3) is 10.9 Å². The molecule has 0 radical (unpaired) electrons. The first kappa shape index (κ1) is 20.8. The molecule has 0 aliphatic heterocycles. The van der Waals surface area contributed by atoms with E-state index in [1.165, 1.54) is 3.97 Å². The molecule has 0 saturated carbocycles. The number of carbonyl (C=O) groups is 1. The Balaban J connectivity index is 1.91. The molecule has 2 aromatic carbocycles. The van der Waals surface area contributed by atoms with E-state index in [1.807, 2.05) is 18.2 Å². The van der Waals surface area contributed by atoms with Crippen molar-refractivity contribution in [3.8, 4) is 0 Å². The first-order valence-electron chi connectivity index (χ1n) is 10.2. The second-order valence-electron chi connectivity index (χ2n) is 9.39. The molecular formula is C24H27NO3SSi. The van der Waals surface area contributed by atoms with Gasteiger partial charge in [-0.05, 0) is 41.8 Å². The van der Waals surface area contributed by atoms with Gasteiger partial charge < -0.3 is 4.79 Å². The summed E-state index contributed by atoms with van der Waals surface area (Å²) < 4.78 is 28.1. The summed E-state index contributed by atoms with van der Waals surface area (Å²) in [6, 6.07) is 15.2. The fraction of sp³-hybridized carbons (Fsp3) is 0.292. The van der Waals surface area contributed by atoms with Crippen LogP contribution in [0.15, 0.2) is 71.8 Å². The zero-order valence-electron chi connectivity index (χ0n) is 17.6. The zero-order chi connectivity index (χ0) is 21.7. The number of hydrogen-bond donors (Lipinski definition) is 0. The lowest BCUT2D eigenvalue weighted by molar-refractivity contribution is -0.111. The Hall–Kier alpha value is -2.44. The summed E-state index contributed by atoms with van der Waals surface area (Å²) in [5.74, 6) is -0.289. The van der Waals surface area contributed by atoms with Gasteiger partial charge in [-0.1, -0.05) is 62.1 Å². The van der Waals surface area contributed by atoms with E-state index in [0.717, 1.165) is 34.4 Å². The Morgan fingerprint density at radius 1 is 1.13 bits per heavy atom. The molecule has 30 heavy (non-hydrogen) atoms. The van der Waals surface area contributed by atoms with Gasteiger partial charge in [0.25, 0.3) is 10.0 Å². The van der Waals surface area contributed by atoms with Crippen LogP contribution in [0, 0.1) is 5.92 Å². The topological polar surface area (TPSA) is 56.1 Å². The third kappa shape index (κ3) is 3.48. The molecule has 1 heterocycles. The average molecular weight is 438 g/mol. The number of allylic oxidation sites excluding steroid dienone is 1. The van der Waals surface area contributed by atoms with Gasteiger partial charge in [0.05, 0.1) is 10.4 Å². The average Bonchev–Trinajstić information content (AvgIpc) is 3.08. The van der Waals surface area contributed by atoms with Crippen molar-refractivity contribution in [2.24, 2.45) is 5.92 Å². The van der Waals surface area contributed by atoms with Crippen LogP contribution in [0.1, 0.15) is 17.0 Å². The van der Waals surface area contributed by atoms with Crippen molar-refractivity contribution in [2.75, 3.05) is 0 Å². The van der Waals surface area contributed by atoms with Crippen LogP contribution in [-0.4, -0.2) is 26.8 Å². The van der Waals surface area contributed by atoms with Crippen LogP contribution in [0.5, 0.6) is 0 Å². The quantitative estimate of drug-likeness (QED) is 0.301. The molecule has 4 rings (SSSR count). The third-order valence-electron chi connectivity index (χ3n) is 5.80. The largest absolute Gasteiger partial charge is 0.303 e. The summed E-state index contributed by atoms with van der Waals surface area (Å²) in [7, 11) is -5.13. The molecular weight excluding hydrogens is 410 g/mol. The molecule has 0 amide bonds. The standard InChI is InChI=1S/C24H27NO3SSi/c1-17(16-30(2,3)4)23-19(15-26)13-18-14-25(22-12-8-11-21(23)24(18)22)29(27,28)20-9-6-5-7-10-20/h5-12,14-15,19,23H,1,13,16H2,2-4H3. The molecule has 0 saturated heterocycles. The summed E-state index contributed by atoms with van der Waals surface area (Å²) in [5.41, 5.74) is 3.69. The fourth-order valence-corrected chi connectivity index (χ4v) is 7.72. The molecule has 1 aliphatic rings. The Labute approximate surface area is 179 Å². The molecule has 1 aromatic heterocycles. The first-order chi connectivity index (χ1) is 14.1. The smallest absolute Gasteiger partial charge is 0.268 e. The lowest BCUT2D eigenvalue weighted by Crippen LogP contribution is -2.27. The van der Waals surface area contributed by atoms with E-state index >= 15 is 0 Å². The molecule has 0 fully saturated rings. The molecule has 156 valence electrons. The van der Waals surface area contributed by atoms with Crippen LogP contribution in [0.2, 0.25) is 25.7 Å². The number of aromatic nitrogens is 1. The fourth-order valence-electron chi connectivity index (χ4n) is 4.73. The molecule has 4 nitrogen and oxygen atoms in total. The van der Waals surface area contributed by atoms with Crippen molar-refractivity contribution < 1.29 is 13.2 Å². The predicted molar refractivity (Wildman–Crippen MR) is 124 cm³/mol. The van der Waals surface area contributed by atoms with Crippen molar-refractivity contribution >= 4 is 35.3 Å². The van der Waals surface area contributed by atoms with Gasteiger partial charge in [0, 0.05) is 31.5 Å². The van der Waals surface area contributed by atoms with Gasteiger partial charge >= 0.3 is 0 Å². The normalized spacial score (nSPS) is 19.0. The van der Waals surface area contributed by atoms with E-state index in [-0.39, 0.29) is 16.7 Å². The maximum absolute atomic E-state index is 13.3. The monoisotopic (exact) mass is 437 g/mol. The summed E-state index contributed by atoms with van der Waals surface area (Å²) in [6.45, 7) is 11.3. The Kier molecular flexibility index (Phi) is 5.10. The number of carbonyl (C=O) groups excluding carboxylic acids is 1. The van der Waals surface area contributed by atoms with Gasteiger partial charge in [0.1, 0.15) is 6.29 Å². The first-order valence-corrected chi connectivity index (χ1v) is 15.3. The van der Waals surface area contributed by atoms with Crippen molar-refractivity contribution in [3.05, 3.63) is 78.0 Å². The van der Waals surface area contributed by atoms with E-state index in [4.69, 9.17) is 0 Å². The van der Waals surface area contributed by atoms with E-state index in [2.05, 4.69) is 26.2 Å². The number of nitrogens with zero attached hydrogens (tertiary/aromatic N) is 1. The molecule has 2 atom stereocenters. The van der Waals surface area contributed by atoms with Gasteiger partial charge in [-0.25, -0.2) is 12.4 Å². The Bertz CT molecular complexity index is 1240. The highest BCUT2D eigenvalue weighted by Gasteiger charge is 2.36. The van der Waals surface area contributed by atoms with E-state index < -0.39 is 18.1 Å². The Morgan fingerprint density at radius 2 is 1.83 bits per heavy atom.